The van der Waals surface area contributed by atoms with Crippen LogP contribution in [-0.4, -0.2) is 32.6 Å². The predicted octanol–water partition coefficient (Wildman–Crippen LogP) is 2.60. The van der Waals surface area contributed by atoms with Gasteiger partial charge in [-0.2, -0.15) is 0 Å². The maximum absolute atomic E-state index is 12.0. The first kappa shape index (κ1) is 18.5. The molecule has 25 heavy (non-hydrogen) atoms. The number of amides is 1. The zero-order valence-electron chi connectivity index (χ0n) is 14.4. The number of para-hydroxylation sites is 1. The highest BCUT2D eigenvalue weighted by Crippen LogP contribution is 2.16. The molecule has 0 aliphatic heterocycles. The molecule has 132 valence electrons. The van der Waals surface area contributed by atoms with Crippen LogP contribution < -0.4 is 15.4 Å². The average molecular weight is 342 g/mol. The van der Waals surface area contributed by atoms with Crippen molar-refractivity contribution in [3.8, 4) is 5.75 Å². The van der Waals surface area contributed by atoms with Crippen molar-refractivity contribution in [3.63, 3.8) is 0 Å². The second-order valence-corrected chi connectivity index (χ2v) is 5.36. The number of carbonyl (C=O) groups excluding carboxylic acids is 2. The highest BCUT2D eigenvalue weighted by atomic mass is 16.5. The van der Waals surface area contributed by atoms with Crippen LogP contribution in [0.15, 0.2) is 48.5 Å². The Bertz CT molecular complexity index is 714. The van der Waals surface area contributed by atoms with E-state index in [1.807, 2.05) is 24.3 Å². The van der Waals surface area contributed by atoms with Gasteiger partial charge in [-0.05, 0) is 30.3 Å². The van der Waals surface area contributed by atoms with Crippen LogP contribution in [0.3, 0.4) is 0 Å². The fourth-order valence-corrected chi connectivity index (χ4v) is 2.30. The minimum Gasteiger partial charge on any atom is -0.496 e. The molecule has 2 aromatic carbocycles. The van der Waals surface area contributed by atoms with Gasteiger partial charge in [-0.15, -0.1) is 0 Å². The molecular formula is C19H22N2O4. The standard InChI is InChI=1S/C19H22N2O4/c1-24-17-6-4-3-5-15(17)13-20-12-11-18(22)21-16-9-7-14(8-10-16)19(23)25-2/h3-10,20H,11-13H2,1-2H3,(H,21,22). The van der Waals surface area contributed by atoms with E-state index in [2.05, 4.69) is 15.4 Å². The number of hydrogen-bond acceptors (Lipinski definition) is 5. The van der Waals surface area contributed by atoms with E-state index in [4.69, 9.17) is 4.74 Å². The van der Waals surface area contributed by atoms with Crippen LogP contribution in [0.4, 0.5) is 5.69 Å². The zero-order chi connectivity index (χ0) is 18.1. The van der Waals surface area contributed by atoms with E-state index in [9.17, 15) is 9.59 Å². The average Bonchev–Trinajstić information content (AvgIpc) is 2.65. The van der Waals surface area contributed by atoms with Crippen LogP contribution in [0.25, 0.3) is 0 Å². The molecular weight excluding hydrogens is 320 g/mol. The minimum absolute atomic E-state index is 0.0988. The molecule has 0 aliphatic rings. The quantitative estimate of drug-likeness (QED) is 0.570. The number of hydrogen-bond donors (Lipinski definition) is 2. The number of anilines is 1. The Morgan fingerprint density at radius 1 is 1.00 bits per heavy atom. The van der Waals surface area contributed by atoms with Gasteiger partial charge in [0.2, 0.25) is 5.91 Å². The first-order valence-electron chi connectivity index (χ1n) is 7.95. The van der Waals surface area contributed by atoms with Crippen LogP contribution in [0.1, 0.15) is 22.3 Å². The van der Waals surface area contributed by atoms with E-state index in [0.29, 0.717) is 30.8 Å². The number of benzene rings is 2. The number of nitrogens with one attached hydrogen (secondary N) is 2. The molecule has 6 heteroatoms. The molecule has 0 aromatic heterocycles. The van der Waals surface area contributed by atoms with Gasteiger partial charge in [0.05, 0.1) is 19.8 Å². The third-order valence-electron chi connectivity index (χ3n) is 3.63. The summed E-state index contributed by atoms with van der Waals surface area (Å²) in [6.45, 7) is 1.18. The summed E-state index contributed by atoms with van der Waals surface area (Å²) in [6.07, 6.45) is 0.341. The van der Waals surface area contributed by atoms with E-state index in [-0.39, 0.29) is 5.91 Å². The summed E-state index contributed by atoms with van der Waals surface area (Å²) in [5, 5.41) is 6.01. The van der Waals surface area contributed by atoms with Gasteiger partial charge in [0.15, 0.2) is 0 Å². The molecule has 0 atom stereocenters. The second-order valence-electron chi connectivity index (χ2n) is 5.36. The summed E-state index contributed by atoms with van der Waals surface area (Å²) < 4.78 is 9.92. The fraction of sp³-hybridized carbons (Fsp3) is 0.263. The third kappa shape index (κ3) is 5.61. The molecule has 0 heterocycles. The van der Waals surface area contributed by atoms with E-state index in [1.165, 1.54) is 7.11 Å². The van der Waals surface area contributed by atoms with Crippen molar-refractivity contribution in [1.82, 2.24) is 5.32 Å². The number of esters is 1. The molecule has 6 nitrogen and oxygen atoms in total. The van der Waals surface area contributed by atoms with E-state index >= 15 is 0 Å². The maximum atomic E-state index is 12.0. The number of ether oxygens (including phenoxy) is 2. The largest absolute Gasteiger partial charge is 0.496 e. The summed E-state index contributed by atoms with van der Waals surface area (Å²) >= 11 is 0. The Hall–Kier alpha value is -2.86. The smallest absolute Gasteiger partial charge is 0.337 e. The highest BCUT2D eigenvalue weighted by molar-refractivity contribution is 5.93. The zero-order valence-corrected chi connectivity index (χ0v) is 14.4. The fourth-order valence-electron chi connectivity index (χ4n) is 2.30. The molecule has 2 aromatic rings. The van der Waals surface area contributed by atoms with Crippen LogP contribution in [-0.2, 0) is 16.1 Å². The SMILES string of the molecule is COC(=O)c1ccc(NC(=O)CCNCc2ccccc2OC)cc1. The highest BCUT2D eigenvalue weighted by Gasteiger charge is 2.07. The first-order chi connectivity index (χ1) is 12.1. The summed E-state index contributed by atoms with van der Waals surface area (Å²) in [5.74, 6) is 0.321. The van der Waals surface area contributed by atoms with Gasteiger partial charge in [0, 0.05) is 30.8 Å². The van der Waals surface area contributed by atoms with Crippen molar-refractivity contribution in [1.29, 1.82) is 0 Å². The monoisotopic (exact) mass is 342 g/mol. The summed E-state index contributed by atoms with van der Waals surface area (Å²) in [4.78, 5) is 23.3. The molecule has 0 bridgehead atoms. The van der Waals surface area contributed by atoms with Gasteiger partial charge in [0.25, 0.3) is 0 Å². The number of methoxy groups -OCH3 is 2. The Balaban J connectivity index is 1.74. The van der Waals surface area contributed by atoms with Crippen molar-refractivity contribution < 1.29 is 19.1 Å². The normalized spacial score (nSPS) is 10.2. The molecule has 2 rings (SSSR count). The minimum atomic E-state index is -0.404. The third-order valence-corrected chi connectivity index (χ3v) is 3.63. The van der Waals surface area contributed by atoms with Crippen LogP contribution in [0.5, 0.6) is 5.75 Å². The van der Waals surface area contributed by atoms with Crippen molar-refractivity contribution in [3.05, 3.63) is 59.7 Å². The Morgan fingerprint density at radius 2 is 1.72 bits per heavy atom. The summed E-state index contributed by atoms with van der Waals surface area (Å²) in [6, 6.07) is 14.3. The molecule has 0 saturated heterocycles. The molecule has 0 fully saturated rings. The molecule has 0 unspecified atom stereocenters. The lowest BCUT2D eigenvalue weighted by Crippen LogP contribution is -2.21. The van der Waals surface area contributed by atoms with Crippen molar-refractivity contribution in [2.24, 2.45) is 0 Å². The predicted molar refractivity (Wildman–Crippen MR) is 95.7 cm³/mol. The molecule has 0 saturated carbocycles. The topological polar surface area (TPSA) is 76.7 Å². The number of carbonyl (C=O) groups is 2. The van der Waals surface area contributed by atoms with E-state index in [0.717, 1.165) is 11.3 Å². The molecule has 2 N–H and O–H groups in total. The Morgan fingerprint density at radius 3 is 2.40 bits per heavy atom. The van der Waals surface area contributed by atoms with Crippen molar-refractivity contribution in [2.45, 2.75) is 13.0 Å². The number of rotatable bonds is 8. The summed E-state index contributed by atoms with van der Waals surface area (Å²) in [7, 11) is 2.97. The van der Waals surface area contributed by atoms with Crippen molar-refractivity contribution >= 4 is 17.6 Å². The van der Waals surface area contributed by atoms with Gasteiger partial charge < -0.3 is 20.1 Å². The lowest BCUT2D eigenvalue weighted by Gasteiger charge is -2.10. The van der Waals surface area contributed by atoms with Gasteiger partial charge in [-0.25, -0.2) is 4.79 Å². The van der Waals surface area contributed by atoms with E-state index in [1.54, 1.807) is 31.4 Å². The molecule has 1 amide bonds. The maximum Gasteiger partial charge on any atom is 0.337 e. The lowest BCUT2D eigenvalue weighted by molar-refractivity contribution is -0.116. The Kier molecular flexibility index (Phi) is 6.98. The van der Waals surface area contributed by atoms with Gasteiger partial charge in [-0.3, -0.25) is 4.79 Å². The van der Waals surface area contributed by atoms with Crippen molar-refractivity contribution in [2.75, 3.05) is 26.1 Å². The molecule has 0 aliphatic carbocycles. The molecule has 0 radical (unpaired) electrons. The first-order valence-corrected chi connectivity index (χ1v) is 7.95. The lowest BCUT2D eigenvalue weighted by atomic mass is 10.2. The van der Waals surface area contributed by atoms with E-state index < -0.39 is 5.97 Å². The molecule has 0 spiro atoms. The van der Waals surface area contributed by atoms with Crippen LogP contribution >= 0.6 is 0 Å². The summed E-state index contributed by atoms with van der Waals surface area (Å²) in [5.41, 5.74) is 2.13. The van der Waals surface area contributed by atoms with Crippen LogP contribution in [0.2, 0.25) is 0 Å². The van der Waals surface area contributed by atoms with Gasteiger partial charge in [0.1, 0.15) is 5.75 Å². The second kappa shape index (κ2) is 9.44. The van der Waals surface area contributed by atoms with Gasteiger partial charge in [-0.1, -0.05) is 18.2 Å². The van der Waals surface area contributed by atoms with Gasteiger partial charge >= 0.3 is 5.97 Å². The Labute approximate surface area is 147 Å². The van der Waals surface area contributed by atoms with Crippen LogP contribution in [0, 0.1) is 0 Å².